The molecule has 0 saturated heterocycles. The Bertz CT molecular complexity index is 499. The highest BCUT2D eigenvalue weighted by Crippen LogP contribution is 2.19. The third-order valence-electron chi connectivity index (χ3n) is 2.31. The quantitative estimate of drug-likeness (QED) is 0.817. The van der Waals surface area contributed by atoms with E-state index in [1.54, 1.807) is 6.07 Å². The van der Waals surface area contributed by atoms with Crippen molar-refractivity contribution in [3.63, 3.8) is 0 Å². The SMILES string of the molecule is CCCOc1ccc(Nc2cccc(Cl)n2)cc1. The largest absolute Gasteiger partial charge is 0.494 e. The highest BCUT2D eigenvalue weighted by atomic mass is 35.5. The van der Waals surface area contributed by atoms with Crippen molar-refractivity contribution in [1.82, 2.24) is 4.98 Å². The minimum atomic E-state index is 0.475. The molecule has 18 heavy (non-hydrogen) atoms. The van der Waals surface area contributed by atoms with Crippen LogP contribution < -0.4 is 10.1 Å². The molecule has 3 nitrogen and oxygen atoms in total. The van der Waals surface area contributed by atoms with E-state index in [0.717, 1.165) is 30.3 Å². The molecule has 0 spiro atoms. The van der Waals surface area contributed by atoms with Gasteiger partial charge in [0.1, 0.15) is 16.7 Å². The molecule has 0 amide bonds. The van der Waals surface area contributed by atoms with Gasteiger partial charge in [-0.05, 0) is 42.8 Å². The summed E-state index contributed by atoms with van der Waals surface area (Å²) in [7, 11) is 0. The molecule has 0 radical (unpaired) electrons. The summed E-state index contributed by atoms with van der Waals surface area (Å²) in [5, 5.41) is 3.65. The van der Waals surface area contributed by atoms with Gasteiger partial charge in [0.05, 0.1) is 6.61 Å². The Hall–Kier alpha value is -1.74. The minimum Gasteiger partial charge on any atom is -0.494 e. The Morgan fingerprint density at radius 2 is 1.94 bits per heavy atom. The summed E-state index contributed by atoms with van der Waals surface area (Å²) in [4.78, 5) is 4.16. The number of benzene rings is 1. The fourth-order valence-electron chi connectivity index (χ4n) is 1.48. The summed E-state index contributed by atoms with van der Waals surface area (Å²) in [6.07, 6.45) is 1.01. The van der Waals surface area contributed by atoms with Gasteiger partial charge in [-0.1, -0.05) is 24.6 Å². The monoisotopic (exact) mass is 262 g/mol. The lowest BCUT2D eigenvalue weighted by Gasteiger charge is -2.08. The molecule has 0 aliphatic rings. The van der Waals surface area contributed by atoms with E-state index in [9.17, 15) is 0 Å². The number of pyridine rings is 1. The zero-order valence-electron chi connectivity index (χ0n) is 10.2. The lowest BCUT2D eigenvalue weighted by Crippen LogP contribution is -1.96. The Balaban J connectivity index is 2.02. The zero-order valence-corrected chi connectivity index (χ0v) is 10.9. The molecular formula is C14H15ClN2O. The highest BCUT2D eigenvalue weighted by Gasteiger charge is 1.98. The molecule has 94 valence electrons. The summed E-state index contributed by atoms with van der Waals surface area (Å²) < 4.78 is 5.51. The molecule has 0 fully saturated rings. The molecule has 1 aromatic carbocycles. The molecule has 0 bridgehead atoms. The lowest BCUT2D eigenvalue weighted by molar-refractivity contribution is 0.317. The molecule has 2 rings (SSSR count). The van der Waals surface area contributed by atoms with Crippen molar-refractivity contribution < 1.29 is 4.74 Å². The van der Waals surface area contributed by atoms with Crippen LogP contribution in [-0.4, -0.2) is 11.6 Å². The summed E-state index contributed by atoms with van der Waals surface area (Å²) in [5.41, 5.74) is 0.952. The third kappa shape index (κ3) is 3.64. The summed E-state index contributed by atoms with van der Waals surface area (Å²) in [6.45, 7) is 2.82. The smallest absolute Gasteiger partial charge is 0.132 e. The zero-order chi connectivity index (χ0) is 12.8. The summed E-state index contributed by atoms with van der Waals surface area (Å²) in [6, 6.07) is 13.2. The van der Waals surface area contributed by atoms with Crippen molar-refractivity contribution >= 4 is 23.1 Å². The van der Waals surface area contributed by atoms with Crippen molar-refractivity contribution in [1.29, 1.82) is 0 Å². The Morgan fingerprint density at radius 1 is 1.17 bits per heavy atom. The molecule has 0 unspecified atom stereocenters. The van der Waals surface area contributed by atoms with Gasteiger partial charge in [0.25, 0.3) is 0 Å². The van der Waals surface area contributed by atoms with Gasteiger partial charge in [0.2, 0.25) is 0 Å². The van der Waals surface area contributed by atoms with Crippen LogP contribution in [0.25, 0.3) is 0 Å². The van der Waals surface area contributed by atoms with Gasteiger partial charge >= 0.3 is 0 Å². The number of hydrogen-bond acceptors (Lipinski definition) is 3. The van der Waals surface area contributed by atoms with Gasteiger partial charge < -0.3 is 10.1 Å². The first-order valence-electron chi connectivity index (χ1n) is 5.90. The lowest BCUT2D eigenvalue weighted by atomic mass is 10.3. The van der Waals surface area contributed by atoms with E-state index in [1.807, 2.05) is 36.4 Å². The number of halogens is 1. The number of nitrogens with one attached hydrogen (secondary N) is 1. The minimum absolute atomic E-state index is 0.475. The second-order valence-corrected chi connectivity index (χ2v) is 4.23. The average Bonchev–Trinajstić information content (AvgIpc) is 2.38. The van der Waals surface area contributed by atoms with Gasteiger partial charge in [0, 0.05) is 5.69 Å². The maximum atomic E-state index is 5.82. The number of aromatic nitrogens is 1. The van der Waals surface area contributed by atoms with Crippen molar-refractivity contribution in [2.75, 3.05) is 11.9 Å². The average molecular weight is 263 g/mol. The van der Waals surface area contributed by atoms with Gasteiger partial charge in [-0.2, -0.15) is 0 Å². The number of hydrogen-bond donors (Lipinski definition) is 1. The Morgan fingerprint density at radius 3 is 2.61 bits per heavy atom. The highest BCUT2D eigenvalue weighted by molar-refractivity contribution is 6.29. The number of nitrogens with zero attached hydrogens (tertiary/aromatic N) is 1. The van der Waals surface area contributed by atoms with Crippen LogP contribution in [0.5, 0.6) is 5.75 Å². The van der Waals surface area contributed by atoms with Gasteiger partial charge in [0.15, 0.2) is 0 Å². The number of anilines is 2. The fourth-order valence-corrected chi connectivity index (χ4v) is 1.64. The summed E-state index contributed by atoms with van der Waals surface area (Å²) >= 11 is 5.82. The van der Waals surface area contributed by atoms with E-state index in [0.29, 0.717) is 5.15 Å². The first-order chi connectivity index (χ1) is 8.78. The van der Waals surface area contributed by atoms with Gasteiger partial charge in [-0.3, -0.25) is 0 Å². The van der Waals surface area contributed by atoms with Crippen LogP contribution in [0.3, 0.4) is 0 Å². The van der Waals surface area contributed by atoms with Gasteiger partial charge in [-0.25, -0.2) is 4.98 Å². The second kappa shape index (κ2) is 6.26. The predicted octanol–water partition coefficient (Wildman–Crippen LogP) is 4.27. The van der Waals surface area contributed by atoms with Crippen LogP contribution >= 0.6 is 11.6 Å². The third-order valence-corrected chi connectivity index (χ3v) is 2.53. The van der Waals surface area contributed by atoms with Crippen molar-refractivity contribution in [2.24, 2.45) is 0 Å². The molecule has 1 heterocycles. The molecule has 2 aromatic rings. The molecular weight excluding hydrogens is 248 g/mol. The first kappa shape index (κ1) is 12.7. The first-order valence-corrected chi connectivity index (χ1v) is 6.28. The molecule has 1 aromatic heterocycles. The molecule has 0 aliphatic carbocycles. The van der Waals surface area contributed by atoms with Crippen LogP contribution in [-0.2, 0) is 0 Å². The molecule has 0 saturated carbocycles. The maximum absolute atomic E-state index is 5.82. The van der Waals surface area contributed by atoms with Gasteiger partial charge in [-0.15, -0.1) is 0 Å². The maximum Gasteiger partial charge on any atom is 0.132 e. The van der Waals surface area contributed by atoms with Crippen molar-refractivity contribution in [3.8, 4) is 5.75 Å². The van der Waals surface area contributed by atoms with Crippen LogP contribution in [0.1, 0.15) is 13.3 Å². The molecule has 4 heteroatoms. The summed E-state index contributed by atoms with van der Waals surface area (Å²) in [5.74, 6) is 1.60. The van der Waals surface area contributed by atoms with E-state index in [1.165, 1.54) is 0 Å². The van der Waals surface area contributed by atoms with Crippen molar-refractivity contribution in [3.05, 3.63) is 47.6 Å². The van der Waals surface area contributed by atoms with Crippen LogP contribution in [0.4, 0.5) is 11.5 Å². The van der Waals surface area contributed by atoms with E-state index < -0.39 is 0 Å². The Labute approximate surface area is 112 Å². The van der Waals surface area contributed by atoms with E-state index in [4.69, 9.17) is 16.3 Å². The number of rotatable bonds is 5. The topological polar surface area (TPSA) is 34.1 Å². The van der Waals surface area contributed by atoms with Crippen molar-refractivity contribution in [2.45, 2.75) is 13.3 Å². The van der Waals surface area contributed by atoms with Crippen LogP contribution in [0.2, 0.25) is 5.15 Å². The van der Waals surface area contributed by atoms with E-state index >= 15 is 0 Å². The standard InChI is InChI=1S/C14H15ClN2O/c1-2-10-18-12-8-6-11(7-9-12)16-14-5-3-4-13(15)17-14/h3-9H,2,10H2,1H3,(H,16,17). The normalized spacial score (nSPS) is 10.1. The van der Waals surface area contributed by atoms with E-state index in [-0.39, 0.29) is 0 Å². The fraction of sp³-hybridized carbons (Fsp3) is 0.214. The second-order valence-electron chi connectivity index (χ2n) is 3.84. The van der Waals surface area contributed by atoms with E-state index in [2.05, 4.69) is 17.2 Å². The van der Waals surface area contributed by atoms with Crippen LogP contribution in [0.15, 0.2) is 42.5 Å². The molecule has 0 aliphatic heterocycles. The Kier molecular flexibility index (Phi) is 4.42. The molecule has 1 N–H and O–H groups in total. The van der Waals surface area contributed by atoms with Crippen LogP contribution in [0, 0.1) is 0 Å². The molecule has 0 atom stereocenters. The predicted molar refractivity (Wildman–Crippen MR) is 74.8 cm³/mol. The number of ether oxygens (including phenoxy) is 1.